The molecule has 0 saturated carbocycles. The number of benzene rings is 2. The predicted octanol–water partition coefficient (Wildman–Crippen LogP) is 3.60. The molecule has 134 valence electrons. The van der Waals surface area contributed by atoms with E-state index in [0.29, 0.717) is 5.56 Å². The van der Waals surface area contributed by atoms with Gasteiger partial charge in [-0.15, -0.1) is 0 Å². The van der Waals surface area contributed by atoms with Crippen molar-refractivity contribution in [3.05, 3.63) is 72.1 Å². The second kappa shape index (κ2) is 8.20. The smallest absolute Gasteiger partial charge is 0.257 e. The van der Waals surface area contributed by atoms with E-state index in [2.05, 4.69) is 21.0 Å². The topological polar surface area (TPSA) is 71.0 Å². The molecule has 0 spiro atoms. The second-order valence-corrected chi connectivity index (χ2v) is 6.03. The first-order chi connectivity index (χ1) is 12.7. The number of aryl methyl sites for hydroxylation is 1. The Labute approximate surface area is 153 Å². The lowest BCUT2D eigenvalue weighted by Gasteiger charge is -2.12. The van der Waals surface area contributed by atoms with Crippen LogP contribution in [0.3, 0.4) is 0 Å². The van der Waals surface area contributed by atoms with Gasteiger partial charge in [0.15, 0.2) is 0 Å². The van der Waals surface area contributed by atoms with Crippen molar-refractivity contribution in [2.45, 2.75) is 13.5 Å². The number of aromatic nitrogens is 2. The molecule has 2 aromatic carbocycles. The van der Waals surface area contributed by atoms with Gasteiger partial charge >= 0.3 is 0 Å². The fourth-order valence-corrected chi connectivity index (χ4v) is 2.68. The molecule has 0 fully saturated rings. The minimum Gasteiger partial charge on any atom is -0.387 e. The third kappa shape index (κ3) is 4.42. The van der Waals surface area contributed by atoms with Gasteiger partial charge in [0.1, 0.15) is 0 Å². The quantitative estimate of drug-likeness (QED) is 0.609. The zero-order valence-corrected chi connectivity index (χ0v) is 15.0. The largest absolute Gasteiger partial charge is 0.387 e. The lowest BCUT2D eigenvalue weighted by atomic mass is 10.1. The summed E-state index contributed by atoms with van der Waals surface area (Å²) in [5, 5.41) is 13.5. The Hall–Kier alpha value is -3.28. The zero-order chi connectivity index (χ0) is 18.4. The third-order valence-electron chi connectivity index (χ3n) is 4.06. The van der Waals surface area contributed by atoms with E-state index in [4.69, 9.17) is 0 Å². The van der Waals surface area contributed by atoms with E-state index >= 15 is 0 Å². The van der Waals surface area contributed by atoms with Crippen molar-refractivity contribution < 1.29 is 4.79 Å². The Morgan fingerprint density at radius 1 is 1.12 bits per heavy atom. The molecule has 0 saturated heterocycles. The molecule has 1 amide bonds. The van der Waals surface area contributed by atoms with Crippen LogP contribution in [-0.4, -0.2) is 29.3 Å². The van der Waals surface area contributed by atoms with Gasteiger partial charge < -0.3 is 16.0 Å². The number of nitrogens with one attached hydrogen (secondary N) is 3. The van der Waals surface area contributed by atoms with Crippen molar-refractivity contribution >= 4 is 23.0 Å². The van der Waals surface area contributed by atoms with Gasteiger partial charge in [0, 0.05) is 43.0 Å². The average Bonchev–Trinajstić information content (AvgIpc) is 3.16. The van der Waals surface area contributed by atoms with Crippen molar-refractivity contribution in [3.63, 3.8) is 0 Å². The van der Waals surface area contributed by atoms with Gasteiger partial charge in [0.2, 0.25) is 0 Å². The van der Waals surface area contributed by atoms with Crippen LogP contribution in [0.1, 0.15) is 15.9 Å². The lowest BCUT2D eigenvalue weighted by molar-refractivity contribution is 0.102. The number of hydrogen-bond donors (Lipinski definition) is 3. The Morgan fingerprint density at radius 2 is 1.88 bits per heavy atom. The fourth-order valence-electron chi connectivity index (χ4n) is 2.68. The molecule has 0 radical (unpaired) electrons. The number of hydrogen-bond acceptors (Lipinski definition) is 4. The maximum Gasteiger partial charge on any atom is 0.257 e. The number of rotatable bonds is 7. The van der Waals surface area contributed by atoms with Gasteiger partial charge in [0.25, 0.3) is 5.91 Å². The number of nitrogens with zero attached hydrogens (tertiary/aromatic N) is 2. The summed E-state index contributed by atoms with van der Waals surface area (Å²) in [5.74, 6) is -0.131. The number of carbonyl (C=O) groups is 1. The summed E-state index contributed by atoms with van der Waals surface area (Å²) in [5.41, 5.74) is 4.31. The van der Waals surface area contributed by atoms with Gasteiger partial charge in [-0.2, -0.15) is 5.10 Å². The van der Waals surface area contributed by atoms with Crippen molar-refractivity contribution in [2.75, 3.05) is 29.5 Å². The summed E-state index contributed by atoms with van der Waals surface area (Å²) in [7, 11) is 1.81. The third-order valence-corrected chi connectivity index (χ3v) is 4.06. The van der Waals surface area contributed by atoms with Gasteiger partial charge in [-0.05, 0) is 55.0 Å². The first kappa shape index (κ1) is 17.5. The van der Waals surface area contributed by atoms with Crippen molar-refractivity contribution in [3.8, 4) is 0 Å². The summed E-state index contributed by atoms with van der Waals surface area (Å²) in [6.07, 6.45) is 3.70. The highest BCUT2D eigenvalue weighted by Crippen LogP contribution is 2.20. The van der Waals surface area contributed by atoms with Crippen molar-refractivity contribution in [2.24, 2.45) is 0 Å². The van der Waals surface area contributed by atoms with Crippen LogP contribution in [0, 0.1) is 6.92 Å². The maximum absolute atomic E-state index is 12.5. The van der Waals surface area contributed by atoms with Gasteiger partial charge in [-0.25, -0.2) is 0 Å². The Kier molecular flexibility index (Phi) is 5.53. The highest BCUT2D eigenvalue weighted by molar-refractivity contribution is 6.08. The molecule has 0 atom stereocenters. The highest BCUT2D eigenvalue weighted by atomic mass is 16.1. The van der Waals surface area contributed by atoms with Crippen LogP contribution in [0.5, 0.6) is 0 Å². The summed E-state index contributed by atoms with van der Waals surface area (Å²) in [4.78, 5) is 12.5. The fraction of sp³-hybridized carbons (Fsp3) is 0.200. The molecule has 6 heteroatoms. The van der Waals surface area contributed by atoms with Crippen molar-refractivity contribution in [1.29, 1.82) is 0 Å². The maximum atomic E-state index is 12.5. The van der Waals surface area contributed by atoms with E-state index < -0.39 is 0 Å². The second-order valence-electron chi connectivity index (χ2n) is 6.03. The first-order valence-electron chi connectivity index (χ1n) is 8.57. The number of carbonyl (C=O) groups excluding carboxylic acids is 1. The minimum absolute atomic E-state index is 0.131. The summed E-state index contributed by atoms with van der Waals surface area (Å²) in [6.45, 7) is 3.58. The molecule has 0 aliphatic heterocycles. The molecular formula is C20H23N5O. The molecule has 1 aromatic heterocycles. The van der Waals surface area contributed by atoms with E-state index in [1.807, 2.05) is 73.4 Å². The summed E-state index contributed by atoms with van der Waals surface area (Å²) >= 11 is 0. The lowest BCUT2D eigenvalue weighted by Crippen LogP contribution is -2.14. The molecule has 3 aromatic rings. The molecule has 3 N–H and O–H groups in total. The normalized spacial score (nSPS) is 10.4. The Morgan fingerprint density at radius 3 is 2.58 bits per heavy atom. The van der Waals surface area contributed by atoms with Crippen LogP contribution in [-0.2, 0) is 6.54 Å². The van der Waals surface area contributed by atoms with Crippen LogP contribution in [0.2, 0.25) is 0 Å². The molecule has 1 heterocycles. The van der Waals surface area contributed by atoms with E-state index in [-0.39, 0.29) is 5.91 Å². The monoisotopic (exact) mass is 349 g/mol. The van der Waals surface area contributed by atoms with Gasteiger partial charge in [-0.1, -0.05) is 6.07 Å². The number of anilines is 3. The average molecular weight is 349 g/mol. The summed E-state index contributed by atoms with van der Waals surface area (Å²) in [6, 6.07) is 15.3. The molecule has 3 rings (SSSR count). The molecular weight excluding hydrogens is 326 g/mol. The predicted molar refractivity (Wildman–Crippen MR) is 106 cm³/mol. The number of amides is 1. The Bertz CT molecular complexity index is 856. The zero-order valence-electron chi connectivity index (χ0n) is 15.0. The van der Waals surface area contributed by atoms with Crippen LogP contribution in [0.25, 0.3) is 0 Å². The minimum atomic E-state index is -0.131. The van der Waals surface area contributed by atoms with E-state index in [1.54, 1.807) is 6.20 Å². The van der Waals surface area contributed by atoms with Crippen LogP contribution < -0.4 is 16.0 Å². The van der Waals surface area contributed by atoms with Crippen molar-refractivity contribution in [1.82, 2.24) is 9.78 Å². The molecule has 26 heavy (non-hydrogen) atoms. The van der Waals surface area contributed by atoms with E-state index in [9.17, 15) is 4.79 Å². The summed E-state index contributed by atoms with van der Waals surface area (Å²) < 4.78 is 1.88. The SMILES string of the molecule is CNc1cc(C)ccc1C(=O)Nc1ccc(NCCn2cccn2)cc1. The first-order valence-corrected chi connectivity index (χ1v) is 8.57. The molecule has 0 aliphatic rings. The molecule has 6 nitrogen and oxygen atoms in total. The van der Waals surface area contributed by atoms with E-state index in [0.717, 1.165) is 35.7 Å². The molecule has 0 aliphatic carbocycles. The van der Waals surface area contributed by atoms with Crippen LogP contribution in [0.4, 0.5) is 17.1 Å². The van der Waals surface area contributed by atoms with E-state index in [1.165, 1.54) is 0 Å². The van der Waals surface area contributed by atoms with Crippen LogP contribution >= 0.6 is 0 Å². The standard InChI is InChI=1S/C20H23N5O/c1-15-4-9-18(19(14-15)21-2)20(26)24-17-7-5-16(6-8-17)22-11-13-25-12-3-10-23-25/h3-10,12,14,21-22H,11,13H2,1-2H3,(H,24,26). The van der Waals surface area contributed by atoms with Gasteiger partial charge in [0.05, 0.1) is 12.1 Å². The highest BCUT2D eigenvalue weighted by Gasteiger charge is 2.11. The Balaban J connectivity index is 1.57. The van der Waals surface area contributed by atoms with Gasteiger partial charge in [-0.3, -0.25) is 9.48 Å². The van der Waals surface area contributed by atoms with Crippen LogP contribution in [0.15, 0.2) is 60.9 Å². The molecule has 0 unspecified atom stereocenters. The molecule has 0 bridgehead atoms.